The second-order valence-corrected chi connectivity index (χ2v) is 16.9. The van der Waals surface area contributed by atoms with Gasteiger partial charge in [-0.2, -0.15) is 0 Å². The largest absolute Gasteiger partial charge is 0.756 e. The lowest BCUT2D eigenvalue weighted by molar-refractivity contribution is -0.870. The Hall–Kier alpha value is -3.11. The summed E-state index contributed by atoms with van der Waals surface area (Å²) in [6, 6.07) is 0. The highest BCUT2D eigenvalue weighted by Crippen LogP contribution is 2.38. The van der Waals surface area contributed by atoms with Crippen LogP contribution >= 0.6 is 7.82 Å². The van der Waals surface area contributed by atoms with Crippen LogP contribution in [0.4, 0.5) is 0 Å². The number of hydrogen-bond acceptors (Lipinski definition) is 9. The van der Waals surface area contributed by atoms with Crippen LogP contribution < -0.4 is 4.89 Å². The first kappa shape index (κ1) is 55.9. The van der Waals surface area contributed by atoms with E-state index >= 15 is 0 Å². The molecule has 59 heavy (non-hydrogen) atoms. The molecule has 0 saturated heterocycles. The van der Waals surface area contributed by atoms with E-state index in [1.165, 1.54) is 25.7 Å². The van der Waals surface area contributed by atoms with E-state index in [9.17, 15) is 24.2 Å². The first-order chi connectivity index (χ1) is 28.4. The Kier molecular flexibility index (Phi) is 37.0. The van der Waals surface area contributed by atoms with Gasteiger partial charge in [0, 0.05) is 12.8 Å². The summed E-state index contributed by atoms with van der Waals surface area (Å²) in [4.78, 5) is 37.5. The van der Waals surface area contributed by atoms with Gasteiger partial charge in [-0.05, 0) is 77.0 Å². The number of aliphatic hydroxyl groups is 1. The Morgan fingerprint density at radius 2 is 1.22 bits per heavy atom. The van der Waals surface area contributed by atoms with Crippen molar-refractivity contribution >= 4 is 19.8 Å². The van der Waals surface area contributed by atoms with Crippen molar-refractivity contribution in [2.75, 3.05) is 47.5 Å². The van der Waals surface area contributed by atoms with E-state index in [0.717, 1.165) is 64.2 Å². The number of phosphoric ester groups is 1. The summed E-state index contributed by atoms with van der Waals surface area (Å²) in [5.41, 5.74) is 0. The Morgan fingerprint density at radius 3 is 1.85 bits per heavy atom. The summed E-state index contributed by atoms with van der Waals surface area (Å²) in [6.45, 7) is 3.83. The van der Waals surface area contributed by atoms with E-state index < -0.39 is 38.6 Å². The molecule has 0 aliphatic heterocycles. The minimum Gasteiger partial charge on any atom is -0.756 e. The average molecular weight is 846 g/mol. The summed E-state index contributed by atoms with van der Waals surface area (Å²) >= 11 is 0. The van der Waals surface area contributed by atoms with E-state index in [2.05, 4.69) is 68.5 Å². The number of unbranched alkanes of at least 4 members (excludes halogenated alkanes) is 8. The fourth-order valence-electron chi connectivity index (χ4n) is 5.20. The van der Waals surface area contributed by atoms with E-state index in [4.69, 9.17) is 18.5 Å². The Morgan fingerprint density at radius 1 is 0.644 bits per heavy atom. The quantitative estimate of drug-likeness (QED) is 0.0161. The number of aliphatic hydroxyl groups excluding tert-OH is 1. The number of ether oxygens (including phenoxy) is 2. The van der Waals surface area contributed by atoms with Crippen LogP contribution in [-0.4, -0.2) is 81.2 Å². The van der Waals surface area contributed by atoms with Gasteiger partial charge in [-0.15, -0.1) is 0 Å². The summed E-state index contributed by atoms with van der Waals surface area (Å²) in [5.74, 6) is -0.996. The Labute approximate surface area is 358 Å². The van der Waals surface area contributed by atoms with Crippen LogP contribution in [0.2, 0.25) is 0 Å². The smallest absolute Gasteiger partial charge is 0.306 e. The van der Waals surface area contributed by atoms with Crippen LogP contribution in [0.5, 0.6) is 0 Å². The lowest BCUT2D eigenvalue weighted by Gasteiger charge is -2.28. The number of esters is 2. The van der Waals surface area contributed by atoms with Crippen LogP contribution in [0.15, 0.2) is 97.2 Å². The molecule has 0 aromatic carbocycles. The standard InChI is InChI=1S/C48H80NO9P/c1-6-8-10-11-12-13-14-15-16-17-18-19-20-21-22-25-28-31-35-39-47(51)55-43-46(44-57-59(53,54)56-42-41-49(3,4)5)58-48(52)40-36-32-29-26-23-24-27-30-34-38-45(50)37-33-9-7-2/h9,12-13,15-16,18-19,21-22,27-28,30-31,33-34,38,45-46,50H,6-8,10-11,14,17,20,23-26,29,32,35-37,39-44H2,1-5H3/b13-12-,16-15-,19-18-,22-21-,30-27+,31-28-,33-9+,38-34+/t45?,46-/m1/s1. The minimum atomic E-state index is -4.67. The first-order valence-electron chi connectivity index (χ1n) is 22.1. The lowest BCUT2D eigenvalue weighted by Crippen LogP contribution is -2.37. The summed E-state index contributed by atoms with van der Waals surface area (Å²) in [6.07, 6.45) is 47.8. The van der Waals surface area contributed by atoms with Gasteiger partial charge >= 0.3 is 11.9 Å². The summed E-state index contributed by atoms with van der Waals surface area (Å²) < 4.78 is 33.7. The molecule has 0 fully saturated rings. The fraction of sp³-hybridized carbons (Fsp3) is 0.625. The molecule has 0 aromatic heterocycles. The number of carbonyl (C=O) groups is 2. The molecule has 0 heterocycles. The molecule has 2 unspecified atom stereocenters. The Bertz CT molecular complexity index is 1340. The average Bonchev–Trinajstić information content (AvgIpc) is 3.18. The monoisotopic (exact) mass is 846 g/mol. The molecule has 3 atom stereocenters. The zero-order valence-electron chi connectivity index (χ0n) is 37.3. The summed E-state index contributed by atoms with van der Waals surface area (Å²) in [7, 11) is 1.06. The zero-order chi connectivity index (χ0) is 43.7. The van der Waals surface area contributed by atoms with E-state index in [-0.39, 0.29) is 26.1 Å². The maximum Gasteiger partial charge on any atom is 0.306 e. The fourth-order valence-corrected chi connectivity index (χ4v) is 5.93. The van der Waals surface area contributed by atoms with E-state index in [1.807, 2.05) is 57.6 Å². The maximum absolute atomic E-state index is 12.7. The molecule has 0 spiro atoms. The number of phosphoric acid groups is 1. The number of nitrogens with zero attached hydrogens (tertiary/aromatic N) is 1. The molecule has 0 aliphatic rings. The molecular weight excluding hydrogens is 766 g/mol. The Balaban J connectivity index is 4.57. The van der Waals surface area contributed by atoms with Gasteiger partial charge in [0.05, 0.1) is 33.9 Å². The van der Waals surface area contributed by atoms with Crippen LogP contribution in [0.1, 0.15) is 136 Å². The van der Waals surface area contributed by atoms with Crippen molar-refractivity contribution in [3.05, 3.63) is 97.2 Å². The van der Waals surface area contributed by atoms with Crippen molar-refractivity contribution in [2.24, 2.45) is 0 Å². The van der Waals surface area contributed by atoms with Crippen molar-refractivity contribution in [1.82, 2.24) is 0 Å². The molecule has 0 radical (unpaired) electrons. The summed E-state index contributed by atoms with van der Waals surface area (Å²) in [5, 5.41) is 9.89. The molecule has 0 rings (SSSR count). The number of carbonyl (C=O) groups excluding carboxylic acids is 2. The lowest BCUT2D eigenvalue weighted by atomic mass is 10.1. The second-order valence-electron chi connectivity index (χ2n) is 15.5. The highest BCUT2D eigenvalue weighted by molar-refractivity contribution is 7.45. The molecule has 336 valence electrons. The predicted octanol–water partition coefficient (Wildman–Crippen LogP) is 10.9. The molecule has 0 aromatic rings. The molecule has 0 amide bonds. The van der Waals surface area contributed by atoms with Gasteiger partial charge in [0.25, 0.3) is 7.82 Å². The highest BCUT2D eigenvalue weighted by atomic mass is 31.2. The van der Waals surface area contributed by atoms with Crippen molar-refractivity contribution in [3.8, 4) is 0 Å². The molecule has 0 aliphatic carbocycles. The third-order valence-electron chi connectivity index (χ3n) is 8.68. The minimum absolute atomic E-state index is 0.0612. The number of quaternary nitrogens is 1. The molecule has 0 bridgehead atoms. The van der Waals surface area contributed by atoms with Gasteiger partial charge in [0.2, 0.25) is 0 Å². The molecular formula is C48H80NO9P. The zero-order valence-corrected chi connectivity index (χ0v) is 38.2. The maximum atomic E-state index is 12.7. The number of hydrogen-bond donors (Lipinski definition) is 1. The second kappa shape index (κ2) is 39.1. The van der Waals surface area contributed by atoms with Crippen molar-refractivity contribution < 1.29 is 47.2 Å². The van der Waals surface area contributed by atoms with Gasteiger partial charge < -0.3 is 33.0 Å². The number of likely N-dealkylation sites (N-methyl/N-ethyl adjacent to an activating group) is 1. The van der Waals surface area contributed by atoms with Crippen LogP contribution in [0.25, 0.3) is 0 Å². The van der Waals surface area contributed by atoms with Crippen molar-refractivity contribution in [2.45, 2.75) is 148 Å². The molecule has 10 nitrogen and oxygen atoms in total. The third-order valence-corrected chi connectivity index (χ3v) is 9.65. The van der Waals surface area contributed by atoms with Crippen molar-refractivity contribution in [3.63, 3.8) is 0 Å². The predicted molar refractivity (Wildman–Crippen MR) is 241 cm³/mol. The van der Waals surface area contributed by atoms with Crippen LogP contribution in [-0.2, 0) is 32.7 Å². The van der Waals surface area contributed by atoms with E-state index in [1.54, 1.807) is 6.08 Å². The molecule has 0 saturated carbocycles. The van der Waals surface area contributed by atoms with Gasteiger partial charge in [0.15, 0.2) is 6.10 Å². The third kappa shape index (κ3) is 42.8. The van der Waals surface area contributed by atoms with E-state index in [0.29, 0.717) is 30.3 Å². The highest BCUT2D eigenvalue weighted by Gasteiger charge is 2.21. The van der Waals surface area contributed by atoms with Gasteiger partial charge in [-0.25, -0.2) is 0 Å². The SMILES string of the molecule is CC/C=C/CC(O)/C=C/C=C/CCCCCCCC(=O)O[C@H](COC(=O)CC/C=C\C/C=C\C/C=C\C/C=C\C/C=C\CCCCC)COP(=O)([O-])OCC[N+](C)(C)C. The van der Waals surface area contributed by atoms with Crippen LogP contribution in [0, 0.1) is 0 Å². The number of allylic oxidation sites excluding steroid dienone is 14. The van der Waals surface area contributed by atoms with Gasteiger partial charge in [-0.1, -0.05) is 143 Å². The van der Waals surface area contributed by atoms with Gasteiger partial charge in [0.1, 0.15) is 19.8 Å². The molecule has 1 N–H and O–H groups in total. The van der Waals surface area contributed by atoms with Crippen molar-refractivity contribution in [1.29, 1.82) is 0 Å². The first-order valence-corrected chi connectivity index (χ1v) is 23.5. The topological polar surface area (TPSA) is 131 Å². The van der Waals surface area contributed by atoms with Crippen LogP contribution in [0.3, 0.4) is 0 Å². The number of rotatable bonds is 38. The normalized spacial score (nSPS) is 15.0. The van der Waals surface area contributed by atoms with Gasteiger partial charge in [-0.3, -0.25) is 14.2 Å². The molecule has 11 heteroatoms.